The van der Waals surface area contributed by atoms with Crippen LogP contribution in [0.2, 0.25) is 0 Å². The van der Waals surface area contributed by atoms with E-state index in [4.69, 9.17) is 0 Å². The summed E-state index contributed by atoms with van der Waals surface area (Å²) in [5, 5.41) is 0. The summed E-state index contributed by atoms with van der Waals surface area (Å²) in [5.41, 5.74) is 1.96. The zero-order chi connectivity index (χ0) is 11.5. The topological polar surface area (TPSA) is 23.6 Å². The molecular weight excluding hydrogens is 236 g/mol. The molecule has 2 rings (SSSR count). The van der Waals surface area contributed by atoms with Crippen molar-refractivity contribution >= 4 is 18.2 Å². The number of rotatable bonds is 3. The lowest BCUT2D eigenvalue weighted by Gasteiger charge is -2.17. The molecular formula is C13H17ClN2O. The van der Waals surface area contributed by atoms with Gasteiger partial charge in [-0.15, -0.1) is 12.4 Å². The fraction of sp³-hybridized carbons (Fsp3) is 0.308. The number of carbonyl (C=O) groups excluding carboxylic acids is 1. The largest absolute Gasteiger partial charge is 0.362 e. The second kappa shape index (κ2) is 5.73. The summed E-state index contributed by atoms with van der Waals surface area (Å²) in [6, 6.07) is 7.72. The molecule has 1 aliphatic heterocycles. The van der Waals surface area contributed by atoms with Gasteiger partial charge in [-0.1, -0.05) is 29.8 Å². The summed E-state index contributed by atoms with van der Waals surface area (Å²) in [6.45, 7) is 3.26. The van der Waals surface area contributed by atoms with Crippen molar-refractivity contribution in [2.24, 2.45) is 0 Å². The maximum atomic E-state index is 11.9. The van der Waals surface area contributed by atoms with E-state index in [9.17, 15) is 4.79 Å². The third kappa shape index (κ3) is 3.49. The molecule has 0 saturated carbocycles. The van der Waals surface area contributed by atoms with Crippen molar-refractivity contribution < 1.29 is 4.79 Å². The van der Waals surface area contributed by atoms with Gasteiger partial charge in [-0.05, 0) is 6.92 Å². The van der Waals surface area contributed by atoms with E-state index in [2.05, 4.69) is 0 Å². The third-order valence-electron chi connectivity index (χ3n) is 2.66. The first-order chi connectivity index (χ1) is 7.65. The van der Waals surface area contributed by atoms with Crippen molar-refractivity contribution in [2.45, 2.75) is 6.92 Å². The highest BCUT2D eigenvalue weighted by Crippen LogP contribution is 2.08. The van der Waals surface area contributed by atoms with E-state index in [0.717, 1.165) is 12.2 Å². The minimum atomic E-state index is 0. The molecule has 0 aliphatic carbocycles. The standard InChI is InChI=1S/C13H16N2O.ClH/c1-11-3-5-12(6-4-11)13(16)9-15-8-7-14(2)10-15;/h3-8H,9-10H2,1-2H3;1H. The van der Waals surface area contributed by atoms with Crippen molar-refractivity contribution in [3.8, 4) is 0 Å². The van der Waals surface area contributed by atoms with Gasteiger partial charge in [0.15, 0.2) is 5.78 Å². The zero-order valence-electron chi connectivity index (χ0n) is 10.1. The number of hydrogen-bond acceptors (Lipinski definition) is 3. The van der Waals surface area contributed by atoms with Crippen LogP contribution in [0.5, 0.6) is 0 Å². The molecule has 0 saturated heterocycles. The van der Waals surface area contributed by atoms with Crippen molar-refractivity contribution in [3.05, 3.63) is 47.8 Å². The Hall–Kier alpha value is -1.48. The maximum Gasteiger partial charge on any atom is 0.182 e. The van der Waals surface area contributed by atoms with Crippen LogP contribution in [0.25, 0.3) is 0 Å². The highest BCUT2D eigenvalue weighted by molar-refractivity contribution is 5.97. The lowest BCUT2D eigenvalue weighted by Crippen LogP contribution is -2.27. The number of halogens is 1. The van der Waals surface area contributed by atoms with E-state index in [1.807, 2.05) is 60.4 Å². The second-order valence-corrected chi connectivity index (χ2v) is 4.23. The molecule has 0 atom stereocenters. The van der Waals surface area contributed by atoms with Crippen LogP contribution in [-0.4, -0.2) is 35.8 Å². The van der Waals surface area contributed by atoms with Gasteiger partial charge in [-0.2, -0.15) is 0 Å². The predicted molar refractivity (Wildman–Crippen MR) is 71.2 cm³/mol. The molecule has 1 heterocycles. The third-order valence-corrected chi connectivity index (χ3v) is 2.66. The Labute approximate surface area is 108 Å². The van der Waals surface area contributed by atoms with Crippen molar-refractivity contribution in [1.82, 2.24) is 9.80 Å². The van der Waals surface area contributed by atoms with Crippen LogP contribution in [0.1, 0.15) is 15.9 Å². The molecule has 0 spiro atoms. The Balaban J connectivity index is 0.00000144. The molecule has 0 fully saturated rings. The monoisotopic (exact) mass is 252 g/mol. The number of ketones is 1. The van der Waals surface area contributed by atoms with Gasteiger partial charge < -0.3 is 9.80 Å². The van der Waals surface area contributed by atoms with E-state index >= 15 is 0 Å². The number of hydrogen-bond donors (Lipinski definition) is 0. The molecule has 0 aromatic heterocycles. The Morgan fingerprint density at radius 3 is 2.41 bits per heavy atom. The van der Waals surface area contributed by atoms with E-state index in [0.29, 0.717) is 6.54 Å². The molecule has 3 nitrogen and oxygen atoms in total. The van der Waals surface area contributed by atoms with Gasteiger partial charge in [0, 0.05) is 25.0 Å². The summed E-state index contributed by atoms with van der Waals surface area (Å²) in [4.78, 5) is 16.0. The van der Waals surface area contributed by atoms with E-state index in [-0.39, 0.29) is 18.2 Å². The molecule has 0 bridgehead atoms. The van der Waals surface area contributed by atoms with E-state index in [1.165, 1.54) is 5.56 Å². The number of nitrogens with zero attached hydrogens (tertiary/aromatic N) is 2. The summed E-state index contributed by atoms with van der Waals surface area (Å²) >= 11 is 0. The predicted octanol–water partition coefficient (Wildman–Crippen LogP) is 2.28. The van der Waals surface area contributed by atoms with Gasteiger partial charge in [0.1, 0.15) is 0 Å². The van der Waals surface area contributed by atoms with Crippen LogP contribution >= 0.6 is 12.4 Å². The summed E-state index contributed by atoms with van der Waals surface area (Å²) in [6.07, 6.45) is 3.93. The number of aryl methyl sites for hydroxylation is 1. The highest BCUT2D eigenvalue weighted by atomic mass is 35.5. The maximum absolute atomic E-state index is 11.9. The molecule has 0 N–H and O–H groups in total. The number of Topliss-reactive ketones (excluding diaryl/α,β-unsaturated/α-hetero) is 1. The molecule has 1 aliphatic rings. The summed E-state index contributed by atoms with van der Waals surface area (Å²) in [5.74, 6) is 0.167. The lowest BCUT2D eigenvalue weighted by atomic mass is 10.1. The lowest BCUT2D eigenvalue weighted by molar-refractivity contribution is 0.0948. The van der Waals surface area contributed by atoms with Crippen molar-refractivity contribution in [2.75, 3.05) is 20.3 Å². The highest BCUT2D eigenvalue weighted by Gasteiger charge is 2.13. The Morgan fingerprint density at radius 1 is 1.24 bits per heavy atom. The summed E-state index contributed by atoms with van der Waals surface area (Å²) in [7, 11) is 1.99. The molecule has 0 amide bonds. The molecule has 92 valence electrons. The SMILES string of the molecule is Cc1ccc(C(=O)CN2C=CN(C)C2)cc1.Cl. The molecule has 1 aromatic carbocycles. The van der Waals surface area contributed by atoms with Crippen LogP contribution in [0.4, 0.5) is 0 Å². The van der Waals surface area contributed by atoms with Crippen molar-refractivity contribution in [3.63, 3.8) is 0 Å². The van der Waals surface area contributed by atoms with Gasteiger partial charge in [0.05, 0.1) is 13.2 Å². The second-order valence-electron chi connectivity index (χ2n) is 4.23. The van der Waals surface area contributed by atoms with Gasteiger partial charge >= 0.3 is 0 Å². The smallest absolute Gasteiger partial charge is 0.182 e. The molecule has 4 heteroatoms. The first kappa shape index (κ1) is 13.6. The fourth-order valence-corrected chi connectivity index (χ4v) is 1.71. The molecule has 0 radical (unpaired) electrons. The Kier molecular flexibility index (Phi) is 4.58. The van der Waals surface area contributed by atoms with Crippen molar-refractivity contribution in [1.29, 1.82) is 0 Å². The van der Waals surface area contributed by atoms with E-state index < -0.39 is 0 Å². The Bertz CT molecular complexity index is 414. The van der Waals surface area contributed by atoms with Crippen LogP contribution in [0.15, 0.2) is 36.7 Å². The normalized spacial score (nSPS) is 13.8. The molecule has 17 heavy (non-hydrogen) atoms. The minimum Gasteiger partial charge on any atom is -0.362 e. The summed E-state index contributed by atoms with van der Waals surface area (Å²) < 4.78 is 0. The van der Waals surface area contributed by atoms with Crippen LogP contribution in [0, 0.1) is 6.92 Å². The first-order valence-electron chi connectivity index (χ1n) is 5.37. The van der Waals surface area contributed by atoms with Gasteiger partial charge in [0.25, 0.3) is 0 Å². The number of carbonyl (C=O) groups is 1. The average Bonchev–Trinajstić information content (AvgIpc) is 2.65. The Morgan fingerprint density at radius 2 is 1.88 bits per heavy atom. The van der Waals surface area contributed by atoms with Gasteiger partial charge in [-0.25, -0.2) is 0 Å². The van der Waals surface area contributed by atoms with Gasteiger partial charge in [-0.3, -0.25) is 4.79 Å². The van der Waals surface area contributed by atoms with Crippen LogP contribution < -0.4 is 0 Å². The minimum absolute atomic E-state index is 0. The molecule has 0 unspecified atom stereocenters. The van der Waals surface area contributed by atoms with E-state index in [1.54, 1.807) is 0 Å². The zero-order valence-corrected chi connectivity index (χ0v) is 10.9. The quantitative estimate of drug-likeness (QED) is 0.771. The first-order valence-corrected chi connectivity index (χ1v) is 5.37. The number of benzene rings is 1. The fourth-order valence-electron chi connectivity index (χ4n) is 1.71. The molecule has 1 aromatic rings. The average molecular weight is 253 g/mol. The van der Waals surface area contributed by atoms with Gasteiger partial charge in [0.2, 0.25) is 0 Å². The van der Waals surface area contributed by atoms with Crippen LogP contribution in [0.3, 0.4) is 0 Å². The van der Waals surface area contributed by atoms with Crippen LogP contribution in [-0.2, 0) is 0 Å².